The van der Waals surface area contributed by atoms with Crippen molar-refractivity contribution in [2.45, 2.75) is 57.0 Å². The number of nitrogens with zero attached hydrogens (tertiary/aromatic N) is 2. The maximum Gasteiger partial charge on any atom is 0.248 e. The molecule has 1 aliphatic rings. The molecule has 204 valence electrons. The highest BCUT2D eigenvalue weighted by Crippen LogP contribution is 2.32. The second kappa shape index (κ2) is 13.8. The van der Waals surface area contributed by atoms with E-state index in [-0.39, 0.29) is 36.6 Å². The van der Waals surface area contributed by atoms with Crippen LogP contribution in [0.5, 0.6) is 5.75 Å². The molecule has 1 heterocycles. The Morgan fingerprint density at radius 1 is 1.00 bits per heavy atom. The van der Waals surface area contributed by atoms with E-state index in [1.165, 1.54) is 4.90 Å². The Kier molecular flexibility index (Phi) is 9.91. The van der Waals surface area contributed by atoms with Gasteiger partial charge in [-0.25, -0.2) is 4.98 Å². The maximum atomic E-state index is 13.8. The van der Waals surface area contributed by atoms with Crippen LogP contribution in [0.25, 0.3) is 0 Å². The average molecular weight is 549 g/mol. The fraction of sp³-hybridized carbons (Fsp3) is 0.333. The zero-order valence-corrected chi connectivity index (χ0v) is 22.7. The number of methoxy groups -OCH3 is 1. The van der Waals surface area contributed by atoms with Crippen LogP contribution in [0.4, 0.5) is 11.5 Å². The zero-order valence-electron chi connectivity index (χ0n) is 21.9. The molecule has 8 nitrogen and oxygen atoms in total. The van der Waals surface area contributed by atoms with E-state index in [4.69, 9.17) is 16.3 Å². The van der Waals surface area contributed by atoms with Gasteiger partial charge in [-0.2, -0.15) is 0 Å². The number of hydrogen-bond donors (Lipinski definition) is 2. The van der Waals surface area contributed by atoms with Gasteiger partial charge in [0.1, 0.15) is 17.6 Å². The first-order valence-electron chi connectivity index (χ1n) is 13.2. The molecule has 1 saturated carbocycles. The van der Waals surface area contributed by atoms with Crippen LogP contribution in [0.1, 0.15) is 56.6 Å². The Morgan fingerprint density at radius 3 is 2.36 bits per heavy atom. The minimum Gasteiger partial charge on any atom is -0.497 e. The van der Waals surface area contributed by atoms with Crippen LogP contribution in [-0.2, 0) is 14.4 Å². The summed E-state index contributed by atoms with van der Waals surface area (Å²) >= 11 is 6.14. The Labute approximate surface area is 233 Å². The number of anilines is 2. The van der Waals surface area contributed by atoms with Gasteiger partial charge in [0.25, 0.3) is 0 Å². The topological polar surface area (TPSA) is 101 Å². The van der Waals surface area contributed by atoms with Gasteiger partial charge in [-0.15, -0.1) is 0 Å². The molecule has 0 spiro atoms. The lowest BCUT2D eigenvalue weighted by molar-refractivity contribution is -0.127. The molecule has 1 fully saturated rings. The largest absolute Gasteiger partial charge is 0.497 e. The van der Waals surface area contributed by atoms with Crippen molar-refractivity contribution in [3.63, 3.8) is 0 Å². The first kappa shape index (κ1) is 28.1. The molecule has 0 saturated heterocycles. The van der Waals surface area contributed by atoms with Gasteiger partial charge in [-0.05, 0) is 73.4 Å². The summed E-state index contributed by atoms with van der Waals surface area (Å²) in [6, 6.07) is 18.4. The average Bonchev–Trinajstić information content (AvgIpc) is 3.46. The summed E-state index contributed by atoms with van der Waals surface area (Å²) in [5.74, 6) is 0.343. The number of nitrogens with one attached hydrogen (secondary N) is 2. The summed E-state index contributed by atoms with van der Waals surface area (Å²) in [6.45, 7) is 0. The molecule has 1 atom stereocenters. The molecule has 1 aromatic heterocycles. The second-order valence-electron chi connectivity index (χ2n) is 9.52. The lowest BCUT2D eigenvalue weighted by Gasteiger charge is -2.32. The molecule has 9 heteroatoms. The highest BCUT2D eigenvalue weighted by Gasteiger charge is 2.34. The van der Waals surface area contributed by atoms with Gasteiger partial charge in [0, 0.05) is 35.8 Å². The van der Waals surface area contributed by atoms with Gasteiger partial charge in [0.15, 0.2) is 0 Å². The first-order valence-corrected chi connectivity index (χ1v) is 13.5. The van der Waals surface area contributed by atoms with Crippen LogP contribution in [0.3, 0.4) is 0 Å². The molecule has 0 radical (unpaired) electrons. The Bertz CT molecular complexity index is 1250. The SMILES string of the molecule is COc1ccc(N(C(=O)CCCC(=O)Nc2ccccn2)C(C(=O)NC2CCCC2)c2ccc(Cl)cc2)cc1. The number of pyridine rings is 1. The van der Waals surface area contributed by atoms with E-state index in [0.717, 1.165) is 25.7 Å². The van der Waals surface area contributed by atoms with Crippen LogP contribution in [0.15, 0.2) is 72.9 Å². The van der Waals surface area contributed by atoms with Crippen LogP contribution < -0.4 is 20.3 Å². The van der Waals surface area contributed by atoms with E-state index < -0.39 is 6.04 Å². The number of carbonyl (C=O) groups is 3. The van der Waals surface area contributed by atoms with E-state index in [0.29, 0.717) is 34.3 Å². The molecule has 0 bridgehead atoms. The predicted molar refractivity (Wildman–Crippen MR) is 152 cm³/mol. The summed E-state index contributed by atoms with van der Waals surface area (Å²) < 4.78 is 5.30. The number of benzene rings is 2. The van der Waals surface area contributed by atoms with Crippen molar-refractivity contribution in [1.82, 2.24) is 10.3 Å². The fourth-order valence-electron chi connectivity index (χ4n) is 4.76. The third kappa shape index (κ3) is 7.80. The summed E-state index contributed by atoms with van der Waals surface area (Å²) in [6.07, 6.45) is 6.08. The van der Waals surface area contributed by atoms with Crippen molar-refractivity contribution in [3.05, 3.63) is 83.5 Å². The molecular weight excluding hydrogens is 516 g/mol. The van der Waals surface area contributed by atoms with E-state index in [9.17, 15) is 14.4 Å². The van der Waals surface area contributed by atoms with Gasteiger partial charge in [-0.1, -0.05) is 42.6 Å². The summed E-state index contributed by atoms with van der Waals surface area (Å²) in [4.78, 5) is 45.6. The predicted octanol–water partition coefficient (Wildman–Crippen LogP) is 5.69. The fourth-order valence-corrected chi connectivity index (χ4v) is 4.88. The first-order chi connectivity index (χ1) is 18.9. The summed E-state index contributed by atoms with van der Waals surface area (Å²) in [5.41, 5.74) is 1.20. The number of halogens is 1. The third-order valence-corrected chi connectivity index (χ3v) is 6.99. The molecule has 1 unspecified atom stereocenters. The molecule has 0 aliphatic heterocycles. The van der Waals surface area contributed by atoms with Gasteiger partial charge < -0.3 is 15.4 Å². The van der Waals surface area contributed by atoms with Crippen LogP contribution in [0, 0.1) is 0 Å². The third-order valence-electron chi connectivity index (χ3n) is 6.74. The van der Waals surface area contributed by atoms with Gasteiger partial charge in [-0.3, -0.25) is 19.3 Å². The molecule has 2 N–H and O–H groups in total. The van der Waals surface area contributed by atoms with Crippen molar-refractivity contribution < 1.29 is 19.1 Å². The minimum atomic E-state index is -0.911. The molecular formula is C30H33ClN4O4. The van der Waals surface area contributed by atoms with E-state index >= 15 is 0 Å². The highest BCUT2D eigenvalue weighted by molar-refractivity contribution is 6.30. The monoisotopic (exact) mass is 548 g/mol. The number of hydrogen-bond acceptors (Lipinski definition) is 5. The number of amides is 3. The van der Waals surface area contributed by atoms with Crippen LogP contribution in [0.2, 0.25) is 5.02 Å². The van der Waals surface area contributed by atoms with Gasteiger partial charge >= 0.3 is 0 Å². The van der Waals surface area contributed by atoms with Crippen molar-refractivity contribution in [2.24, 2.45) is 0 Å². The van der Waals surface area contributed by atoms with Crippen LogP contribution >= 0.6 is 11.6 Å². The van der Waals surface area contributed by atoms with Crippen molar-refractivity contribution >= 4 is 40.8 Å². The molecule has 3 amide bonds. The molecule has 3 aromatic rings. The summed E-state index contributed by atoms with van der Waals surface area (Å²) in [7, 11) is 1.57. The van der Waals surface area contributed by atoms with Crippen molar-refractivity contribution in [2.75, 3.05) is 17.3 Å². The van der Waals surface area contributed by atoms with E-state index in [1.807, 2.05) is 0 Å². The maximum absolute atomic E-state index is 13.8. The number of rotatable bonds is 11. The van der Waals surface area contributed by atoms with Crippen LogP contribution in [-0.4, -0.2) is 35.9 Å². The molecule has 39 heavy (non-hydrogen) atoms. The zero-order chi connectivity index (χ0) is 27.6. The number of ether oxygens (including phenoxy) is 1. The molecule has 2 aromatic carbocycles. The smallest absolute Gasteiger partial charge is 0.248 e. The Hall–Kier alpha value is -3.91. The van der Waals surface area contributed by atoms with Gasteiger partial charge in [0.05, 0.1) is 7.11 Å². The second-order valence-corrected chi connectivity index (χ2v) is 9.96. The minimum absolute atomic E-state index is 0.0719. The lowest BCUT2D eigenvalue weighted by Crippen LogP contribution is -2.46. The Balaban J connectivity index is 1.57. The quantitative estimate of drug-likeness (QED) is 0.321. The van der Waals surface area contributed by atoms with Gasteiger partial charge in [0.2, 0.25) is 17.7 Å². The highest BCUT2D eigenvalue weighted by atomic mass is 35.5. The molecule has 1 aliphatic carbocycles. The standard InChI is InChI=1S/C30H33ClN4O4/c1-39-25-18-16-24(17-19-25)35(28(37)11-6-10-27(36)34-26-9-4-5-20-32-26)29(21-12-14-22(31)15-13-21)30(38)33-23-7-2-3-8-23/h4-5,9,12-20,23,29H,2-3,6-8,10-11H2,1H3,(H,33,38)(H,32,34,36). The summed E-state index contributed by atoms with van der Waals surface area (Å²) in [5, 5.41) is 6.43. The normalized spacial score (nSPS) is 13.9. The van der Waals surface area contributed by atoms with Crippen molar-refractivity contribution in [3.8, 4) is 5.75 Å². The van der Waals surface area contributed by atoms with E-state index in [1.54, 1.807) is 80.0 Å². The number of aromatic nitrogens is 1. The van der Waals surface area contributed by atoms with Crippen molar-refractivity contribution in [1.29, 1.82) is 0 Å². The molecule has 4 rings (SSSR count). The Morgan fingerprint density at radius 2 is 1.72 bits per heavy atom. The van der Waals surface area contributed by atoms with E-state index in [2.05, 4.69) is 15.6 Å². The number of carbonyl (C=O) groups excluding carboxylic acids is 3. The lowest BCUT2D eigenvalue weighted by atomic mass is 10.0.